The van der Waals surface area contributed by atoms with Gasteiger partial charge < -0.3 is 20.7 Å². The van der Waals surface area contributed by atoms with Gasteiger partial charge in [0.1, 0.15) is 11.6 Å². The van der Waals surface area contributed by atoms with Gasteiger partial charge in [-0.25, -0.2) is 4.79 Å². The molecule has 2 unspecified atom stereocenters. The SMILES string of the molecule is CCC(C)[C@H](NC(=O)[C@@H]1CCCCN1C[C@@H](NC(=O)OC(C)(C)C)C(C)CC)C(=O)NCc1ccccc1. The van der Waals surface area contributed by atoms with E-state index in [1.807, 2.05) is 65.0 Å². The van der Waals surface area contributed by atoms with Crippen molar-refractivity contribution >= 4 is 17.9 Å². The highest BCUT2D eigenvalue weighted by molar-refractivity contribution is 5.90. The number of hydrogen-bond acceptors (Lipinski definition) is 5. The normalized spacial score (nSPS) is 19.5. The smallest absolute Gasteiger partial charge is 0.407 e. The molecule has 3 N–H and O–H groups in total. The summed E-state index contributed by atoms with van der Waals surface area (Å²) in [4.78, 5) is 41.5. The Morgan fingerprint density at radius 3 is 2.26 bits per heavy atom. The molecule has 1 aliphatic rings. The maximum absolute atomic E-state index is 13.6. The van der Waals surface area contributed by atoms with Gasteiger partial charge >= 0.3 is 6.09 Å². The van der Waals surface area contributed by atoms with Gasteiger partial charge in [-0.05, 0) is 57.6 Å². The molecule has 1 heterocycles. The zero-order chi connectivity index (χ0) is 28.3. The molecular weight excluding hydrogens is 480 g/mol. The summed E-state index contributed by atoms with van der Waals surface area (Å²) in [6.07, 6.45) is 3.90. The molecule has 0 bridgehead atoms. The van der Waals surface area contributed by atoms with Gasteiger partial charge in [0.2, 0.25) is 11.8 Å². The summed E-state index contributed by atoms with van der Waals surface area (Å²) >= 11 is 0. The van der Waals surface area contributed by atoms with Crippen LogP contribution in [0.1, 0.15) is 86.1 Å². The van der Waals surface area contributed by atoms with Gasteiger partial charge in [-0.15, -0.1) is 0 Å². The molecule has 0 saturated carbocycles. The number of amides is 3. The third-order valence-corrected chi connectivity index (χ3v) is 7.48. The van der Waals surface area contributed by atoms with Gasteiger partial charge in [0.05, 0.1) is 6.04 Å². The fourth-order valence-corrected chi connectivity index (χ4v) is 4.72. The molecule has 0 radical (unpaired) electrons. The van der Waals surface area contributed by atoms with Crippen molar-refractivity contribution in [2.45, 2.75) is 111 Å². The van der Waals surface area contributed by atoms with E-state index < -0.39 is 17.7 Å². The fraction of sp³-hybridized carbons (Fsp3) is 0.700. The number of rotatable bonds is 12. The topological polar surface area (TPSA) is 99.8 Å². The average Bonchev–Trinajstić information content (AvgIpc) is 2.88. The minimum atomic E-state index is -0.606. The first-order chi connectivity index (χ1) is 17.9. The summed E-state index contributed by atoms with van der Waals surface area (Å²) in [5, 5.41) is 9.14. The van der Waals surface area contributed by atoms with E-state index in [9.17, 15) is 14.4 Å². The molecule has 0 spiro atoms. The molecule has 8 heteroatoms. The van der Waals surface area contributed by atoms with Gasteiger partial charge in [0.25, 0.3) is 0 Å². The third-order valence-electron chi connectivity index (χ3n) is 7.48. The Morgan fingerprint density at radius 2 is 1.66 bits per heavy atom. The van der Waals surface area contributed by atoms with E-state index in [2.05, 4.69) is 34.7 Å². The summed E-state index contributed by atoms with van der Waals surface area (Å²) in [6.45, 7) is 15.5. The van der Waals surface area contributed by atoms with Crippen molar-refractivity contribution in [3.05, 3.63) is 35.9 Å². The first-order valence-corrected chi connectivity index (χ1v) is 14.3. The van der Waals surface area contributed by atoms with Gasteiger partial charge in [0.15, 0.2) is 0 Å². The number of alkyl carbamates (subject to hydrolysis) is 1. The van der Waals surface area contributed by atoms with E-state index in [4.69, 9.17) is 4.74 Å². The number of hydrogen-bond donors (Lipinski definition) is 3. The van der Waals surface area contributed by atoms with E-state index in [1.165, 1.54) is 0 Å². The Kier molecular flexibility index (Phi) is 12.6. The summed E-state index contributed by atoms with van der Waals surface area (Å²) < 4.78 is 5.51. The second-order valence-electron chi connectivity index (χ2n) is 11.7. The Bertz CT molecular complexity index is 886. The highest BCUT2D eigenvalue weighted by atomic mass is 16.6. The molecule has 1 aromatic rings. The molecule has 214 valence electrons. The molecule has 38 heavy (non-hydrogen) atoms. The summed E-state index contributed by atoms with van der Waals surface area (Å²) in [6, 6.07) is 8.66. The van der Waals surface area contributed by atoms with E-state index >= 15 is 0 Å². The van der Waals surface area contributed by atoms with Crippen molar-refractivity contribution in [1.82, 2.24) is 20.9 Å². The highest BCUT2D eigenvalue weighted by Gasteiger charge is 2.35. The van der Waals surface area contributed by atoms with Crippen molar-refractivity contribution in [3.8, 4) is 0 Å². The van der Waals surface area contributed by atoms with E-state index in [0.717, 1.165) is 44.2 Å². The van der Waals surface area contributed by atoms with E-state index in [0.29, 0.717) is 13.1 Å². The Morgan fingerprint density at radius 1 is 1.00 bits per heavy atom. The monoisotopic (exact) mass is 530 g/mol. The number of carbonyl (C=O) groups excluding carboxylic acids is 3. The van der Waals surface area contributed by atoms with E-state index in [1.54, 1.807) is 0 Å². The van der Waals surface area contributed by atoms with Gasteiger partial charge in [-0.1, -0.05) is 77.3 Å². The predicted molar refractivity (Wildman–Crippen MR) is 151 cm³/mol. The number of benzene rings is 1. The first kappa shape index (κ1) is 31.6. The number of piperidine rings is 1. The highest BCUT2D eigenvalue weighted by Crippen LogP contribution is 2.21. The molecule has 5 atom stereocenters. The number of ether oxygens (including phenoxy) is 1. The van der Waals surface area contributed by atoms with Crippen LogP contribution >= 0.6 is 0 Å². The summed E-state index contributed by atoms with van der Waals surface area (Å²) in [7, 11) is 0. The van der Waals surface area contributed by atoms with Crippen molar-refractivity contribution < 1.29 is 19.1 Å². The maximum atomic E-state index is 13.6. The van der Waals surface area contributed by atoms with Gasteiger partial charge in [0, 0.05) is 19.1 Å². The average molecular weight is 531 g/mol. The number of nitrogens with zero attached hydrogens (tertiary/aromatic N) is 1. The molecule has 2 rings (SSSR count). The lowest BCUT2D eigenvalue weighted by molar-refractivity contribution is -0.134. The number of likely N-dealkylation sites (tertiary alicyclic amines) is 1. The van der Waals surface area contributed by atoms with Crippen LogP contribution in [0.5, 0.6) is 0 Å². The van der Waals surface area contributed by atoms with Crippen molar-refractivity contribution in [3.63, 3.8) is 0 Å². The molecule has 1 aromatic carbocycles. The second kappa shape index (κ2) is 15.1. The Balaban J connectivity index is 2.10. The zero-order valence-corrected chi connectivity index (χ0v) is 24.5. The lowest BCUT2D eigenvalue weighted by Gasteiger charge is -2.39. The molecule has 3 amide bonds. The molecule has 1 fully saturated rings. The van der Waals surface area contributed by atoms with Crippen molar-refractivity contribution in [1.29, 1.82) is 0 Å². The van der Waals surface area contributed by atoms with Crippen LogP contribution in [0.25, 0.3) is 0 Å². The fourth-order valence-electron chi connectivity index (χ4n) is 4.72. The quantitative estimate of drug-likeness (QED) is 0.366. The van der Waals surface area contributed by atoms with Crippen LogP contribution < -0.4 is 16.0 Å². The van der Waals surface area contributed by atoms with Crippen LogP contribution in [-0.2, 0) is 20.9 Å². The third kappa shape index (κ3) is 10.3. The molecule has 8 nitrogen and oxygen atoms in total. The van der Waals surface area contributed by atoms with E-state index in [-0.39, 0.29) is 35.7 Å². The van der Waals surface area contributed by atoms with Crippen molar-refractivity contribution in [2.75, 3.05) is 13.1 Å². The van der Waals surface area contributed by atoms with Gasteiger partial charge in [-0.2, -0.15) is 0 Å². The second-order valence-corrected chi connectivity index (χ2v) is 11.7. The van der Waals surface area contributed by atoms with Crippen LogP contribution in [0.2, 0.25) is 0 Å². The van der Waals surface area contributed by atoms with Crippen LogP contribution in [0.15, 0.2) is 30.3 Å². The molecule has 1 aliphatic heterocycles. The van der Waals surface area contributed by atoms with Crippen LogP contribution in [0, 0.1) is 11.8 Å². The van der Waals surface area contributed by atoms with Crippen LogP contribution in [0.4, 0.5) is 4.79 Å². The molecule has 0 aromatic heterocycles. The summed E-state index contributed by atoms with van der Waals surface area (Å²) in [5.74, 6) is -0.0775. The van der Waals surface area contributed by atoms with Crippen LogP contribution in [0.3, 0.4) is 0 Å². The number of nitrogens with one attached hydrogen (secondary N) is 3. The predicted octanol–water partition coefficient (Wildman–Crippen LogP) is 4.63. The lowest BCUT2D eigenvalue weighted by Crippen LogP contribution is -2.59. The number of carbonyl (C=O) groups is 3. The lowest BCUT2D eigenvalue weighted by atomic mass is 9.94. The standard InChI is InChI=1S/C30H50N4O4/c1-8-21(3)24(32-29(37)38-30(5,6)7)20-34-18-14-13-17-25(34)27(35)33-26(22(4)9-2)28(36)31-19-23-15-11-10-12-16-23/h10-12,15-16,21-22,24-26H,8-9,13-14,17-20H2,1-7H3,(H,31,36)(H,32,37)(H,33,35)/t21?,22?,24-,25+,26+/m1/s1. The molecular formula is C30H50N4O4. The Hall–Kier alpha value is -2.61. The van der Waals surface area contributed by atoms with Gasteiger partial charge in [-0.3, -0.25) is 14.5 Å². The van der Waals surface area contributed by atoms with Crippen molar-refractivity contribution in [2.24, 2.45) is 11.8 Å². The largest absolute Gasteiger partial charge is 0.444 e. The minimum Gasteiger partial charge on any atom is -0.444 e. The Labute approximate surface area is 229 Å². The summed E-state index contributed by atoms with van der Waals surface area (Å²) in [5.41, 5.74) is 0.436. The first-order valence-electron chi connectivity index (χ1n) is 14.3. The molecule has 1 saturated heterocycles. The maximum Gasteiger partial charge on any atom is 0.407 e. The zero-order valence-electron chi connectivity index (χ0n) is 24.5. The molecule has 0 aliphatic carbocycles. The minimum absolute atomic E-state index is 0.00605. The van der Waals surface area contributed by atoms with Crippen LogP contribution in [-0.4, -0.2) is 59.6 Å².